The third-order valence-electron chi connectivity index (χ3n) is 9.37. The maximum Gasteiger partial charge on any atom is 0.126 e. The van der Waals surface area contributed by atoms with E-state index >= 15 is 0 Å². The molecule has 0 aromatic heterocycles. The Bertz CT molecular complexity index is 1400. The third-order valence-corrected chi connectivity index (χ3v) is 9.37. The monoisotopic (exact) mass is 1130 g/mol. The Morgan fingerprint density at radius 3 is 1.04 bits per heavy atom. The van der Waals surface area contributed by atoms with Gasteiger partial charge in [-0.3, -0.25) is 0 Å². The molecule has 0 radical (unpaired) electrons. The molecular formula is C65H142O13. The number of hydrogen-bond donors (Lipinski definition) is 7. The largest absolute Gasteiger partial charge is 0.394 e. The summed E-state index contributed by atoms with van der Waals surface area (Å²) in [7, 11) is 0. The molecule has 7 atom stereocenters. The first-order chi connectivity index (χ1) is 31.5. The normalized spacial score (nSPS) is 13.7. The lowest BCUT2D eigenvalue weighted by atomic mass is 9.85. The van der Waals surface area contributed by atoms with Crippen molar-refractivity contribution >= 4 is 0 Å². The minimum absolute atomic E-state index is 0. The molecule has 0 saturated heterocycles. The highest BCUT2D eigenvalue weighted by atomic mass is 16.5. The molecule has 0 saturated carbocycles. The number of hydrogen-bond acceptors (Lipinski definition) is 13. The van der Waals surface area contributed by atoms with Crippen molar-refractivity contribution in [3.8, 4) is 47.9 Å². The van der Waals surface area contributed by atoms with Crippen molar-refractivity contribution in [3.05, 3.63) is 0 Å². The average molecular weight is 1130 g/mol. The van der Waals surface area contributed by atoms with Crippen molar-refractivity contribution in [3.63, 3.8) is 0 Å². The van der Waals surface area contributed by atoms with Crippen LogP contribution in [0.5, 0.6) is 0 Å². The standard InChI is InChI=1S/C24H46O4.C11H20O4.C10H18O3.C10H18O2.10CH4/c1-19(2)15-21(5)17-23(7,27-13-11-25)9-10-24(8,28-14-12-26)18-22(6)16-20(3)4;1-3-11(15-9-7-13)5-4-10(2)14-8-6-12;1-9(2,12)5-6-10(3,4)13-8-7-11;1-5-10(4,8-9(2)3)12-7-6-11;;;;;;;;;;/h19-22,25-26H,11-18H2,1-8H3;10-13H,3,6-9H2,1-2H3;11-12H,7-8H2,1-4H3;1,9,11H,6-8H2,2-4H3;10*1H4. The summed E-state index contributed by atoms with van der Waals surface area (Å²) in [6.07, 6.45) is 10.4. The van der Waals surface area contributed by atoms with Gasteiger partial charge in [-0.05, 0) is 124 Å². The lowest BCUT2D eigenvalue weighted by Gasteiger charge is -2.31. The molecule has 0 aliphatic carbocycles. The fourth-order valence-corrected chi connectivity index (χ4v) is 6.99. The molecule has 7 unspecified atom stereocenters. The van der Waals surface area contributed by atoms with Crippen LogP contribution in [0.1, 0.15) is 230 Å². The van der Waals surface area contributed by atoms with Crippen molar-refractivity contribution in [1.29, 1.82) is 0 Å². The number of aliphatic hydroxyl groups is 7. The lowest BCUT2D eigenvalue weighted by molar-refractivity contribution is -0.0281. The Hall–Kier alpha value is -2.28. The third kappa shape index (κ3) is 73.7. The quantitative estimate of drug-likeness (QED) is 0.0350. The molecule has 0 aromatic carbocycles. The van der Waals surface area contributed by atoms with Crippen LogP contribution in [0.15, 0.2) is 0 Å². The topological polar surface area (TPSA) is 197 Å². The van der Waals surface area contributed by atoms with Gasteiger partial charge in [-0.1, -0.05) is 178 Å². The van der Waals surface area contributed by atoms with E-state index in [2.05, 4.69) is 96.8 Å². The number of terminal acetylenes is 1. The highest BCUT2D eigenvalue weighted by Gasteiger charge is 2.30. The van der Waals surface area contributed by atoms with E-state index in [4.69, 9.17) is 55.3 Å². The summed E-state index contributed by atoms with van der Waals surface area (Å²) in [5, 5.41) is 62.0. The molecule has 13 nitrogen and oxygen atoms in total. The Morgan fingerprint density at radius 2 is 0.744 bits per heavy atom. The molecule has 0 amide bonds. The van der Waals surface area contributed by atoms with E-state index in [1.54, 1.807) is 27.7 Å². The molecule has 0 fully saturated rings. The zero-order valence-corrected chi connectivity index (χ0v) is 45.9. The van der Waals surface area contributed by atoms with Gasteiger partial charge in [0.25, 0.3) is 0 Å². The van der Waals surface area contributed by atoms with Crippen LogP contribution >= 0.6 is 0 Å². The van der Waals surface area contributed by atoms with Crippen LogP contribution in [0, 0.1) is 77.5 Å². The van der Waals surface area contributed by atoms with Crippen LogP contribution in [-0.4, -0.2) is 155 Å². The maximum absolute atomic E-state index is 9.33. The van der Waals surface area contributed by atoms with Gasteiger partial charge in [-0.2, -0.15) is 0 Å². The van der Waals surface area contributed by atoms with Crippen LogP contribution < -0.4 is 0 Å². The highest BCUT2D eigenvalue weighted by molar-refractivity contribution is 5.21. The van der Waals surface area contributed by atoms with E-state index in [1.165, 1.54) is 0 Å². The first kappa shape index (κ1) is 111. The van der Waals surface area contributed by atoms with E-state index in [1.807, 2.05) is 34.6 Å². The molecule has 13 heteroatoms. The second kappa shape index (κ2) is 63.9. The highest BCUT2D eigenvalue weighted by Crippen LogP contribution is 2.28. The first-order valence-corrected chi connectivity index (χ1v) is 24.7. The number of aliphatic hydroxyl groups excluding tert-OH is 6. The first-order valence-electron chi connectivity index (χ1n) is 24.7. The van der Waals surface area contributed by atoms with Gasteiger partial charge in [0.05, 0.1) is 79.3 Å². The summed E-state index contributed by atoms with van der Waals surface area (Å²) in [5.41, 5.74) is -3.39. The van der Waals surface area contributed by atoms with Crippen LogP contribution in [-0.2, 0) is 28.4 Å². The average Bonchev–Trinajstić information content (AvgIpc) is 3.24. The van der Waals surface area contributed by atoms with Gasteiger partial charge >= 0.3 is 0 Å². The van der Waals surface area contributed by atoms with Gasteiger partial charge in [-0.15, -0.1) is 6.42 Å². The fourth-order valence-electron chi connectivity index (χ4n) is 6.99. The van der Waals surface area contributed by atoms with Gasteiger partial charge in [0.15, 0.2) is 0 Å². The van der Waals surface area contributed by atoms with Crippen LogP contribution in [0.3, 0.4) is 0 Å². The predicted octanol–water partition coefficient (Wildman–Crippen LogP) is 13.2. The van der Waals surface area contributed by atoms with Gasteiger partial charge in [-0.25, -0.2) is 0 Å². The molecule has 0 aliphatic heterocycles. The summed E-state index contributed by atoms with van der Waals surface area (Å²) >= 11 is 0. The van der Waals surface area contributed by atoms with Gasteiger partial charge in [0.1, 0.15) is 40.2 Å². The lowest BCUT2D eigenvalue weighted by Crippen LogP contribution is -2.35. The van der Waals surface area contributed by atoms with Gasteiger partial charge in [0, 0.05) is 0 Å². The van der Waals surface area contributed by atoms with E-state index in [0.29, 0.717) is 49.4 Å². The molecule has 78 heavy (non-hydrogen) atoms. The number of ether oxygens (including phenoxy) is 6. The summed E-state index contributed by atoms with van der Waals surface area (Å²) in [4.78, 5) is 0. The molecule has 0 bridgehead atoms. The Kier molecular flexibility index (Phi) is 90.9. The van der Waals surface area contributed by atoms with Crippen molar-refractivity contribution in [2.24, 2.45) is 29.6 Å². The van der Waals surface area contributed by atoms with Crippen molar-refractivity contribution in [1.82, 2.24) is 0 Å². The van der Waals surface area contributed by atoms with Crippen molar-refractivity contribution in [2.45, 2.75) is 271 Å². The zero-order chi connectivity index (χ0) is 53.5. The predicted molar refractivity (Wildman–Crippen MR) is 343 cm³/mol. The van der Waals surface area contributed by atoms with Crippen molar-refractivity contribution < 1.29 is 64.2 Å². The van der Waals surface area contributed by atoms with E-state index in [0.717, 1.165) is 38.5 Å². The SMILES string of the molecule is C.C.C.C.C.C.C.C.C.C.C#CC(C)(CC(C)C)OCCO.CC(C)(O)C#CC(C)(C)OCCO.CC(C)CC(C)CC(C)(C#CC(C)(CC(C)CC(C)C)OCCO)OCCO.CCC(C#CC(C)OCCO)OCCO. The molecule has 0 rings (SSSR count). The Morgan fingerprint density at radius 1 is 0.410 bits per heavy atom. The van der Waals surface area contributed by atoms with Crippen LogP contribution in [0.4, 0.5) is 0 Å². The summed E-state index contributed by atoms with van der Waals surface area (Å²) < 4.78 is 33.0. The van der Waals surface area contributed by atoms with E-state index < -0.39 is 28.0 Å². The van der Waals surface area contributed by atoms with Crippen LogP contribution in [0.2, 0.25) is 0 Å². The molecule has 0 heterocycles. The molecule has 0 aromatic rings. The molecule has 480 valence electrons. The summed E-state index contributed by atoms with van der Waals surface area (Å²) in [5.74, 6) is 23.3. The number of rotatable bonds is 29. The Balaban J connectivity index is -0.0000000594. The summed E-state index contributed by atoms with van der Waals surface area (Å²) in [6, 6.07) is 0. The van der Waals surface area contributed by atoms with Crippen molar-refractivity contribution in [2.75, 3.05) is 79.3 Å². The minimum atomic E-state index is -1.00. The maximum atomic E-state index is 9.33. The summed E-state index contributed by atoms with van der Waals surface area (Å²) in [6.45, 7) is 35.8. The molecule has 0 spiro atoms. The van der Waals surface area contributed by atoms with E-state index in [-0.39, 0.29) is 146 Å². The second-order valence-electron chi connectivity index (χ2n) is 20.2. The molecule has 7 N–H and O–H groups in total. The minimum Gasteiger partial charge on any atom is -0.394 e. The molecule has 0 aliphatic rings. The van der Waals surface area contributed by atoms with Gasteiger partial charge < -0.3 is 64.2 Å². The fraction of sp³-hybridized carbons (Fsp3) is 0.877. The second-order valence-corrected chi connectivity index (χ2v) is 20.2. The smallest absolute Gasteiger partial charge is 0.126 e. The van der Waals surface area contributed by atoms with Gasteiger partial charge in [0.2, 0.25) is 0 Å². The van der Waals surface area contributed by atoms with E-state index in [9.17, 15) is 15.3 Å². The zero-order valence-electron chi connectivity index (χ0n) is 45.9. The Labute approximate surface area is 489 Å². The van der Waals surface area contributed by atoms with Crippen LogP contribution in [0.25, 0.3) is 0 Å². The molecular weight excluding hydrogens is 989 g/mol.